The fraction of sp³-hybridized carbons (Fsp3) is 0.160. The van der Waals surface area contributed by atoms with Crippen LogP contribution in [-0.4, -0.2) is 47.9 Å². The quantitative estimate of drug-likeness (QED) is 0.367. The van der Waals surface area contributed by atoms with E-state index in [0.717, 1.165) is 34.4 Å². The van der Waals surface area contributed by atoms with Crippen LogP contribution in [0.2, 0.25) is 0 Å². The number of H-pyrrole nitrogens is 1. The highest BCUT2D eigenvalue weighted by Gasteiger charge is 2.22. The molecule has 0 radical (unpaired) electrons. The van der Waals surface area contributed by atoms with Gasteiger partial charge in [0.2, 0.25) is 5.82 Å². The lowest BCUT2D eigenvalue weighted by Crippen LogP contribution is -2.06. The van der Waals surface area contributed by atoms with Crippen LogP contribution in [-0.2, 0) is 0 Å². The number of imidazole rings is 1. The Hall–Kier alpha value is -4.53. The number of aromatic nitrogens is 6. The molecule has 9 heteroatoms. The van der Waals surface area contributed by atoms with Gasteiger partial charge in [-0.1, -0.05) is 49.4 Å². The van der Waals surface area contributed by atoms with Crippen LogP contribution < -0.4 is 4.74 Å². The zero-order valence-electron chi connectivity index (χ0n) is 18.7. The Morgan fingerprint density at radius 3 is 2.50 bits per heavy atom. The zero-order chi connectivity index (χ0) is 23.7. The molecule has 34 heavy (non-hydrogen) atoms. The summed E-state index contributed by atoms with van der Waals surface area (Å²) in [7, 11) is 0. The summed E-state index contributed by atoms with van der Waals surface area (Å²) in [6.07, 6.45) is 0.805. The SMILES string of the molecule is CCCOc1nc2c(C)ccc(C(=O)O)c2n1-c1ccc(-c2ccccc2-c2nn[nH]n2)cc1. The van der Waals surface area contributed by atoms with Gasteiger partial charge in [-0.15, -0.1) is 10.2 Å². The van der Waals surface area contributed by atoms with E-state index in [-0.39, 0.29) is 5.56 Å². The molecule has 0 unspecified atom stereocenters. The first-order chi connectivity index (χ1) is 16.6. The van der Waals surface area contributed by atoms with E-state index >= 15 is 0 Å². The third-order valence-electron chi connectivity index (χ3n) is 5.59. The van der Waals surface area contributed by atoms with Gasteiger partial charge < -0.3 is 9.84 Å². The number of rotatable bonds is 7. The Kier molecular flexibility index (Phi) is 5.51. The minimum Gasteiger partial charge on any atom is -0.478 e. The molecule has 2 aromatic heterocycles. The van der Waals surface area contributed by atoms with Crippen LogP contribution >= 0.6 is 0 Å². The zero-order valence-corrected chi connectivity index (χ0v) is 18.7. The second-order valence-corrected chi connectivity index (χ2v) is 7.84. The predicted molar refractivity (Wildman–Crippen MR) is 127 cm³/mol. The number of carboxylic acids is 1. The molecule has 0 atom stereocenters. The summed E-state index contributed by atoms with van der Waals surface area (Å²) >= 11 is 0. The molecule has 0 fully saturated rings. The molecule has 0 saturated heterocycles. The van der Waals surface area contributed by atoms with Crippen LogP contribution in [0.4, 0.5) is 0 Å². The fourth-order valence-corrected chi connectivity index (χ4v) is 3.99. The first-order valence-corrected chi connectivity index (χ1v) is 10.9. The van der Waals surface area contributed by atoms with Gasteiger partial charge in [-0.05, 0) is 53.4 Å². The number of tetrazole rings is 1. The van der Waals surface area contributed by atoms with Crippen LogP contribution in [0.15, 0.2) is 60.7 Å². The average Bonchev–Trinajstić information content (AvgIpc) is 3.52. The smallest absolute Gasteiger partial charge is 0.337 e. The number of nitrogens with zero attached hydrogens (tertiary/aromatic N) is 5. The Morgan fingerprint density at radius 2 is 1.82 bits per heavy atom. The second-order valence-electron chi connectivity index (χ2n) is 7.84. The van der Waals surface area contributed by atoms with Gasteiger partial charge in [-0.2, -0.15) is 10.2 Å². The molecule has 2 heterocycles. The lowest BCUT2D eigenvalue weighted by Gasteiger charge is -2.13. The van der Waals surface area contributed by atoms with E-state index in [1.807, 2.05) is 62.4 Å². The normalized spacial score (nSPS) is 11.1. The van der Waals surface area contributed by atoms with Crippen LogP contribution in [0.3, 0.4) is 0 Å². The maximum Gasteiger partial charge on any atom is 0.337 e. The second kappa shape index (κ2) is 8.78. The Labute approximate surface area is 195 Å². The number of nitrogens with one attached hydrogen (secondary N) is 1. The molecule has 0 aliphatic rings. The van der Waals surface area contributed by atoms with Crippen molar-refractivity contribution in [1.29, 1.82) is 0 Å². The van der Waals surface area contributed by atoms with Gasteiger partial charge in [-0.3, -0.25) is 4.57 Å². The number of hydrogen-bond acceptors (Lipinski definition) is 6. The summed E-state index contributed by atoms with van der Waals surface area (Å²) in [6.45, 7) is 4.39. The topological polar surface area (TPSA) is 119 Å². The molecule has 5 rings (SSSR count). The molecule has 0 aliphatic heterocycles. The number of aromatic amines is 1. The molecule has 0 spiro atoms. The van der Waals surface area contributed by atoms with Crippen molar-refractivity contribution < 1.29 is 14.6 Å². The standard InChI is InChI=1S/C25H22N6O3/c1-3-14-34-25-26-21-15(2)8-13-20(24(32)33)22(21)31(25)17-11-9-16(10-12-17)18-6-4-5-7-19(18)23-27-29-30-28-23/h4-13H,3,14H2,1-2H3,(H,32,33)(H,27,28,29,30). The van der Waals surface area contributed by atoms with Crippen molar-refractivity contribution in [3.05, 3.63) is 71.8 Å². The molecule has 3 aromatic carbocycles. The number of carboxylic acid groups (broad SMARTS) is 1. The highest BCUT2D eigenvalue weighted by Crippen LogP contribution is 2.34. The molecule has 9 nitrogen and oxygen atoms in total. The molecule has 0 aliphatic carbocycles. The van der Waals surface area contributed by atoms with Crippen LogP contribution in [0, 0.1) is 6.92 Å². The molecule has 0 amide bonds. The van der Waals surface area contributed by atoms with Gasteiger partial charge in [0.25, 0.3) is 0 Å². The van der Waals surface area contributed by atoms with Crippen LogP contribution in [0.1, 0.15) is 29.3 Å². The van der Waals surface area contributed by atoms with Crippen molar-refractivity contribution in [2.45, 2.75) is 20.3 Å². The number of hydrogen-bond donors (Lipinski definition) is 2. The van der Waals surface area contributed by atoms with E-state index in [1.54, 1.807) is 16.7 Å². The van der Waals surface area contributed by atoms with Gasteiger partial charge in [0.15, 0.2) is 0 Å². The number of carbonyl (C=O) groups is 1. The fourth-order valence-electron chi connectivity index (χ4n) is 3.99. The lowest BCUT2D eigenvalue weighted by molar-refractivity contribution is 0.0698. The Morgan fingerprint density at radius 1 is 1.06 bits per heavy atom. The Bertz CT molecular complexity index is 1470. The maximum absolute atomic E-state index is 12.0. The summed E-state index contributed by atoms with van der Waals surface area (Å²) < 4.78 is 7.70. The minimum absolute atomic E-state index is 0.172. The molecule has 0 bridgehead atoms. The number of aryl methyl sites for hydroxylation is 1. The van der Waals surface area contributed by atoms with Crippen molar-refractivity contribution in [3.8, 4) is 34.2 Å². The highest BCUT2D eigenvalue weighted by molar-refractivity contribution is 6.03. The summed E-state index contributed by atoms with van der Waals surface area (Å²) in [5, 5.41) is 24.2. The summed E-state index contributed by atoms with van der Waals surface area (Å²) in [5.41, 5.74) is 5.69. The first kappa shape index (κ1) is 21.3. The summed E-state index contributed by atoms with van der Waals surface area (Å²) in [6, 6.07) is 19.4. The Balaban J connectivity index is 1.66. The largest absolute Gasteiger partial charge is 0.478 e. The molecule has 2 N–H and O–H groups in total. The number of fused-ring (bicyclic) bond motifs is 1. The molecular weight excluding hydrogens is 432 g/mol. The van der Waals surface area contributed by atoms with E-state index in [1.165, 1.54) is 0 Å². The van der Waals surface area contributed by atoms with Crippen molar-refractivity contribution in [2.75, 3.05) is 6.61 Å². The first-order valence-electron chi connectivity index (χ1n) is 10.9. The van der Waals surface area contributed by atoms with Crippen molar-refractivity contribution in [1.82, 2.24) is 30.2 Å². The highest BCUT2D eigenvalue weighted by atomic mass is 16.5. The van der Waals surface area contributed by atoms with Gasteiger partial charge in [0.1, 0.15) is 0 Å². The third-order valence-corrected chi connectivity index (χ3v) is 5.59. The van der Waals surface area contributed by atoms with Crippen molar-refractivity contribution in [3.63, 3.8) is 0 Å². The third kappa shape index (κ3) is 3.66. The van der Waals surface area contributed by atoms with Gasteiger partial charge in [-0.25, -0.2) is 4.79 Å². The maximum atomic E-state index is 12.0. The van der Waals surface area contributed by atoms with Crippen molar-refractivity contribution in [2.24, 2.45) is 0 Å². The average molecular weight is 454 g/mol. The molecular formula is C25H22N6O3. The predicted octanol–water partition coefficient (Wildman–Crippen LogP) is 4.67. The monoisotopic (exact) mass is 454 g/mol. The molecule has 5 aromatic rings. The molecule has 0 saturated carbocycles. The van der Waals surface area contributed by atoms with Crippen LogP contribution in [0.5, 0.6) is 6.01 Å². The lowest BCUT2D eigenvalue weighted by atomic mass is 9.99. The van der Waals surface area contributed by atoms with E-state index in [0.29, 0.717) is 29.5 Å². The van der Waals surface area contributed by atoms with Crippen LogP contribution in [0.25, 0.3) is 39.2 Å². The minimum atomic E-state index is -1.01. The number of aromatic carboxylic acids is 1. The number of ether oxygens (including phenoxy) is 1. The van der Waals surface area contributed by atoms with E-state index in [4.69, 9.17) is 4.74 Å². The number of benzene rings is 3. The van der Waals surface area contributed by atoms with E-state index in [2.05, 4.69) is 25.6 Å². The van der Waals surface area contributed by atoms with Gasteiger partial charge in [0, 0.05) is 5.56 Å². The van der Waals surface area contributed by atoms with Gasteiger partial charge >= 0.3 is 12.0 Å². The van der Waals surface area contributed by atoms with E-state index in [9.17, 15) is 9.90 Å². The van der Waals surface area contributed by atoms with E-state index < -0.39 is 5.97 Å². The molecule has 170 valence electrons. The summed E-state index contributed by atoms with van der Waals surface area (Å²) in [4.78, 5) is 16.7. The summed E-state index contributed by atoms with van der Waals surface area (Å²) in [5.74, 6) is -0.504. The van der Waals surface area contributed by atoms with Crippen molar-refractivity contribution >= 4 is 17.0 Å². The van der Waals surface area contributed by atoms with Gasteiger partial charge in [0.05, 0.1) is 28.9 Å².